The van der Waals surface area contributed by atoms with Crippen LogP contribution in [-0.2, 0) is 14.8 Å². The van der Waals surface area contributed by atoms with E-state index >= 15 is 0 Å². The summed E-state index contributed by atoms with van der Waals surface area (Å²) in [5.74, 6) is 0.396. The van der Waals surface area contributed by atoms with Gasteiger partial charge < -0.3 is 9.42 Å². The van der Waals surface area contributed by atoms with E-state index in [1.807, 2.05) is 18.7 Å². The first-order valence-electron chi connectivity index (χ1n) is 8.43. The maximum absolute atomic E-state index is 13.0. The number of sulfonamides is 1. The van der Waals surface area contributed by atoms with Crippen molar-refractivity contribution in [2.24, 2.45) is 5.41 Å². The van der Waals surface area contributed by atoms with E-state index in [9.17, 15) is 13.2 Å². The Labute approximate surface area is 143 Å². The van der Waals surface area contributed by atoms with E-state index in [4.69, 9.17) is 4.52 Å². The predicted octanol–water partition coefficient (Wildman–Crippen LogP) is 1.70. The van der Waals surface area contributed by atoms with Gasteiger partial charge in [-0.3, -0.25) is 4.79 Å². The molecule has 0 radical (unpaired) electrons. The number of amides is 1. The number of hydrogen-bond acceptors (Lipinski definition) is 5. The van der Waals surface area contributed by atoms with Crippen molar-refractivity contribution in [3.63, 3.8) is 0 Å². The fourth-order valence-corrected chi connectivity index (χ4v) is 5.80. The Kier molecular flexibility index (Phi) is 4.24. The molecule has 0 aromatic carbocycles. The molecule has 1 aromatic heterocycles. The minimum absolute atomic E-state index is 0.0974. The second-order valence-corrected chi connectivity index (χ2v) is 9.09. The van der Waals surface area contributed by atoms with Crippen molar-refractivity contribution in [3.05, 3.63) is 11.5 Å². The van der Waals surface area contributed by atoms with Crippen molar-refractivity contribution < 1.29 is 17.7 Å². The van der Waals surface area contributed by atoms with Gasteiger partial charge in [0.1, 0.15) is 10.6 Å². The van der Waals surface area contributed by atoms with Crippen molar-refractivity contribution in [2.45, 2.75) is 57.9 Å². The van der Waals surface area contributed by atoms with Gasteiger partial charge in [-0.2, -0.15) is 4.31 Å². The van der Waals surface area contributed by atoms with Crippen molar-refractivity contribution in [2.75, 3.05) is 19.6 Å². The summed E-state index contributed by atoms with van der Waals surface area (Å²) in [7, 11) is -3.69. The fourth-order valence-electron chi connectivity index (χ4n) is 3.98. The topological polar surface area (TPSA) is 83.7 Å². The van der Waals surface area contributed by atoms with Gasteiger partial charge in [-0.05, 0) is 47.0 Å². The highest BCUT2D eigenvalue weighted by molar-refractivity contribution is 7.89. The van der Waals surface area contributed by atoms with E-state index in [1.54, 1.807) is 13.8 Å². The number of rotatable bonds is 3. The van der Waals surface area contributed by atoms with Crippen LogP contribution in [0.25, 0.3) is 0 Å². The van der Waals surface area contributed by atoms with Gasteiger partial charge in [0.25, 0.3) is 0 Å². The molecule has 8 heteroatoms. The first kappa shape index (κ1) is 17.4. The van der Waals surface area contributed by atoms with Crippen LogP contribution in [0, 0.1) is 19.3 Å². The molecule has 2 fully saturated rings. The molecule has 1 amide bonds. The lowest BCUT2D eigenvalue weighted by molar-refractivity contribution is -0.147. The number of piperidine rings is 1. The molecule has 1 unspecified atom stereocenters. The molecule has 2 saturated heterocycles. The molecular weight excluding hydrogens is 330 g/mol. The normalized spacial score (nSPS) is 26.0. The Morgan fingerprint density at radius 3 is 2.50 bits per heavy atom. The Balaban J connectivity index is 1.89. The minimum atomic E-state index is -3.69. The van der Waals surface area contributed by atoms with Gasteiger partial charge in [0.15, 0.2) is 5.76 Å². The van der Waals surface area contributed by atoms with Crippen LogP contribution in [0.4, 0.5) is 0 Å². The van der Waals surface area contributed by atoms with Crippen LogP contribution in [0.5, 0.6) is 0 Å². The first-order chi connectivity index (χ1) is 11.2. The summed E-state index contributed by atoms with van der Waals surface area (Å²) >= 11 is 0. The summed E-state index contributed by atoms with van der Waals surface area (Å²) in [5.41, 5.74) is -0.207. The van der Waals surface area contributed by atoms with Crippen molar-refractivity contribution in [3.8, 4) is 0 Å². The summed E-state index contributed by atoms with van der Waals surface area (Å²) in [6.07, 6.45) is 2.25. The van der Waals surface area contributed by atoms with Crippen LogP contribution >= 0.6 is 0 Å². The molecule has 0 bridgehead atoms. The number of carbonyl (C=O) groups is 1. The molecule has 3 rings (SSSR count). The zero-order chi connectivity index (χ0) is 17.7. The second kappa shape index (κ2) is 5.84. The summed E-state index contributed by atoms with van der Waals surface area (Å²) < 4.78 is 32.4. The Bertz CT molecular complexity index is 736. The number of carbonyl (C=O) groups excluding carboxylic acids is 1. The summed E-state index contributed by atoms with van der Waals surface area (Å²) in [6.45, 7) is 8.61. The van der Waals surface area contributed by atoms with Gasteiger partial charge in [-0.1, -0.05) is 5.16 Å². The largest absolute Gasteiger partial charge is 0.360 e. The number of aromatic nitrogens is 1. The zero-order valence-corrected chi connectivity index (χ0v) is 15.5. The quantitative estimate of drug-likeness (QED) is 0.824. The molecule has 134 valence electrons. The smallest absolute Gasteiger partial charge is 0.248 e. The molecule has 1 atom stereocenters. The summed E-state index contributed by atoms with van der Waals surface area (Å²) in [6, 6.07) is 0.142. The highest BCUT2D eigenvalue weighted by Crippen LogP contribution is 2.42. The predicted molar refractivity (Wildman–Crippen MR) is 87.9 cm³/mol. The maximum Gasteiger partial charge on any atom is 0.248 e. The monoisotopic (exact) mass is 355 g/mol. The van der Waals surface area contributed by atoms with Gasteiger partial charge in [0, 0.05) is 25.7 Å². The number of nitrogens with zero attached hydrogens (tertiary/aromatic N) is 3. The SMILES string of the molecule is Cc1noc(C)c1S(=O)(=O)N1CCC2(CCCN(C(C)C)C2=O)C1. The van der Waals surface area contributed by atoms with Gasteiger partial charge >= 0.3 is 0 Å². The highest BCUT2D eigenvalue weighted by atomic mass is 32.2. The molecule has 1 aromatic rings. The molecule has 2 aliphatic heterocycles. The Morgan fingerprint density at radius 1 is 1.21 bits per heavy atom. The molecule has 0 N–H and O–H groups in total. The van der Waals surface area contributed by atoms with E-state index in [1.165, 1.54) is 4.31 Å². The third-order valence-electron chi connectivity index (χ3n) is 5.28. The molecular formula is C16H25N3O4S. The van der Waals surface area contributed by atoms with Crippen LogP contribution in [-0.4, -0.2) is 54.4 Å². The molecule has 7 nitrogen and oxygen atoms in total. The standard InChI is InChI=1S/C16H25N3O4S/c1-11(2)19-8-5-6-16(15(19)20)7-9-18(10-16)24(21,22)14-12(3)17-23-13(14)4/h11H,5-10H2,1-4H3. The first-order valence-corrected chi connectivity index (χ1v) is 9.87. The molecule has 24 heavy (non-hydrogen) atoms. The van der Waals surface area contributed by atoms with Gasteiger partial charge in [-0.15, -0.1) is 0 Å². The van der Waals surface area contributed by atoms with Gasteiger partial charge in [-0.25, -0.2) is 8.42 Å². The van der Waals surface area contributed by atoms with Crippen molar-refractivity contribution in [1.29, 1.82) is 0 Å². The van der Waals surface area contributed by atoms with Gasteiger partial charge in [0.2, 0.25) is 15.9 Å². The van der Waals surface area contributed by atoms with Crippen LogP contribution in [0.2, 0.25) is 0 Å². The minimum Gasteiger partial charge on any atom is -0.360 e. The Hall–Kier alpha value is -1.41. The van der Waals surface area contributed by atoms with Crippen molar-refractivity contribution in [1.82, 2.24) is 14.4 Å². The summed E-state index contributed by atoms with van der Waals surface area (Å²) in [4.78, 5) is 15.0. The van der Waals surface area contributed by atoms with Crippen LogP contribution < -0.4 is 0 Å². The van der Waals surface area contributed by atoms with E-state index in [0.29, 0.717) is 24.4 Å². The van der Waals surface area contributed by atoms with E-state index < -0.39 is 15.4 Å². The van der Waals surface area contributed by atoms with Crippen molar-refractivity contribution >= 4 is 15.9 Å². The van der Waals surface area contributed by atoms with Gasteiger partial charge in [0.05, 0.1) is 5.41 Å². The average molecular weight is 355 g/mol. The summed E-state index contributed by atoms with van der Waals surface area (Å²) in [5, 5.41) is 3.75. The third-order valence-corrected chi connectivity index (χ3v) is 7.37. The number of aryl methyl sites for hydroxylation is 2. The number of likely N-dealkylation sites (tertiary alicyclic amines) is 1. The average Bonchev–Trinajstić information content (AvgIpc) is 3.07. The second-order valence-electron chi connectivity index (χ2n) is 7.22. The lowest BCUT2D eigenvalue weighted by atomic mass is 9.78. The van der Waals surface area contributed by atoms with E-state index in [0.717, 1.165) is 19.4 Å². The molecule has 1 spiro atoms. The Morgan fingerprint density at radius 2 is 1.92 bits per heavy atom. The van der Waals surface area contributed by atoms with Crippen LogP contribution in [0.3, 0.4) is 0 Å². The fraction of sp³-hybridized carbons (Fsp3) is 0.750. The number of hydrogen-bond donors (Lipinski definition) is 0. The highest BCUT2D eigenvalue weighted by Gasteiger charge is 2.51. The van der Waals surface area contributed by atoms with Crippen LogP contribution in [0.15, 0.2) is 9.42 Å². The molecule has 0 saturated carbocycles. The molecule has 3 heterocycles. The van der Waals surface area contributed by atoms with E-state index in [-0.39, 0.29) is 23.4 Å². The molecule has 0 aliphatic carbocycles. The molecule has 2 aliphatic rings. The maximum atomic E-state index is 13.0. The van der Waals surface area contributed by atoms with E-state index in [2.05, 4.69) is 5.16 Å². The van der Waals surface area contributed by atoms with Crippen LogP contribution in [0.1, 0.15) is 44.6 Å². The lowest BCUT2D eigenvalue weighted by Crippen LogP contribution is -2.52. The third kappa shape index (κ3) is 2.56. The lowest BCUT2D eigenvalue weighted by Gasteiger charge is -2.41. The zero-order valence-electron chi connectivity index (χ0n) is 14.7.